The number of nitro benzene ring substituents is 1. The first kappa shape index (κ1) is 14.0. The fourth-order valence-corrected chi connectivity index (χ4v) is 1.62. The van der Waals surface area contributed by atoms with Crippen LogP contribution in [0.5, 0.6) is 11.5 Å². The molecule has 0 bridgehead atoms. The summed E-state index contributed by atoms with van der Waals surface area (Å²) in [6.45, 7) is 0. The molecule has 0 aliphatic rings. The zero-order valence-electron chi connectivity index (χ0n) is 10.5. The van der Waals surface area contributed by atoms with E-state index in [2.05, 4.69) is 9.97 Å². The van der Waals surface area contributed by atoms with Gasteiger partial charge >= 0.3 is 5.69 Å². The van der Waals surface area contributed by atoms with Gasteiger partial charge in [0.15, 0.2) is 5.75 Å². The van der Waals surface area contributed by atoms with Crippen LogP contribution in [0.15, 0.2) is 30.7 Å². The van der Waals surface area contributed by atoms with Crippen LogP contribution in [0.3, 0.4) is 0 Å². The summed E-state index contributed by atoms with van der Waals surface area (Å²) in [5.74, 6) is -1.47. The molecular weight excluding hydrogens is 276 g/mol. The zero-order valence-corrected chi connectivity index (χ0v) is 10.5. The third-order valence-corrected chi connectivity index (χ3v) is 2.56. The highest BCUT2D eigenvalue weighted by Gasteiger charge is 2.18. The molecule has 0 aliphatic carbocycles. The Morgan fingerprint density at radius 3 is 2.71 bits per heavy atom. The molecule has 0 atom stereocenters. The van der Waals surface area contributed by atoms with Gasteiger partial charge in [0.1, 0.15) is 6.07 Å². The Bertz CT molecular complexity index is 766. The number of aromatic hydroxyl groups is 2. The Morgan fingerprint density at radius 2 is 2.14 bits per heavy atom. The summed E-state index contributed by atoms with van der Waals surface area (Å²) in [5.41, 5.74) is -0.0744. The molecule has 104 valence electrons. The molecule has 0 aliphatic heterocycles. The van der Waals surface area contributed by atoms with Gasteiger partial charge in [0.25, 0.3) is 0 Å². The number of nitriles is 1. The van der Waals surface area contributed by atoms with Crippen molar-refractivity contribution in [3.05, 3.63) is 52.1 Å². The molecule has 0 spiro atoms. The summed E-state index contributed by atoms with van der Waals surface area (Å²) in [6.07, 6.45) is 5.51. The van der Waals surface area contributed by atoms with Crippen LogP contribution < -0.4 is 0 Å². The van der Waals surface area contributed by atoms with Crippen molar-refractivity contribution in [2.24, 2.45) is 0 Å². The van der Waals surface area contributed by atoms with E-state index in [4.69, 9.17) is 5.26 Å². The van der Waals surface area contributed by atoms with Gasteiger partial charge < -0.3 is 10.2 Å². The topological polar surface area (TPSA) is 133 Å². The molecule has 0 fully saturated rings. The van der Waals surface area contributed by atoms with Gasteiger partial charge in [0, 0.05) is 18.5 Å². The highest BCUT2D eigenvalue weighted by Crippen LogP contribution is 2.36. The van der Waals surface area contributed by atoms with Crippen LogP contribution in [-0.4, -0.2) is 25.1 Å². The Hall–Kier alpha value is -3.47. The van der Waals surface area contributed by atoms with Crippen LogP contribution >= 0.6 is 0 Å². The number of allylic oxidation sites excluding steroid dienone is 1. The van der Waals surface area contributed by atoms with E-state index < -0.39 is 22.1 Å². The molecule has 2 aromatic rings. The van der Waals surface area contributed by atoms with Crippen LogP contribution in [0.2, 0.25) is 0 Å². The third-order valence-electron chi connectivity index (χ3n) is 2.56. The van der Waals surface area contributed by atoms with E-state index in [1.165, 1.54) is 24.7 Å². The summed E-state index contributed by atoms with van der Waals surface area (Å²) < 4.78 is 0. The van der Waals surface area contributed by atoms with E-state index in [1.54, 1.807) is 0 Å². The average molecular weight is 284 g/mol. The van der Waals surface area contributed by atoms with Crippen LogP contribution in [0.25, 0.3) is 11.6 Å². The number of phenolic OH excluding ortho intramolecular Hbond substituents is 2. The predicted octanol–water partition coefficient (Wildman–Crippen LogP) is 1.86. The fraction of sp³-hybridized carbons (Fsp3) is 0. The van der Waals surface area contributed by atoms with Crippen LogP contribution in [0.4, 0.5) is 5.69 Å². The molecule has 21 heavy (non-hydrogen) atoms. The summed E-state index contributed by atoms with van der Waals surface area (Å²) in [7, 11) is 0. The minimum atomic E-state index is -0.833. The lowest BCUT2D eigenvalue weighted by atomic mass is 10.1. The van der Waals surface area contributed by atoms with Crippen molar-refractivity contribution in [2.75, 3.05) is 0 Å². The molecule has 0 saturated carbocycles. The van der Waals surface area contributed by atoms with Crippen molar-refractivity contribution in [1.82, 2.24) is 9.97 Å². The molecule has 8 nitrogen and oxygen atoms in total. The number of aromatic nitrogens is 2. The van der Waals surface area contributed by atoms with Gasteiger partial charge in [-0.2, -0.15) is 5.26 Å². The Labute approximate surface area is 118 Å². The lowest BCUT2D eigenvalue weighted by Crippen LogP contribution is -1.91. The van der Waals surface area contributed by atoms with E-state index in [9.17, 15) is 20.3 Å². The van der Waals surface area contributed by atoms with Gasteiger partial charge in [-0.15, -0.1) is 0 Å². The first-order chi connectivity index (χ1) is 10.0. The maximum absolute atomic E-state index is 10.8. The minimum absolute atomic E-state index is 0.113. The normalized spacial score (nSPS) is 10.9. The van der Waals surface area contributed by atoms with Gasteiger partial charge in [0.2, 0.25) is 5.75 Å². The quantitative estimate of drug-likeness (QED) is 0.380. The molecule has 0 saturated heterocycles. The predicted molar refractivity (Wildman–Crippen MR) is 71.9 cm³/mol. The van der Waals surface area contributed by atoms with Crippen molar-refractivity contribution in [2.45, 2.75) is 0 Å². The van der Waals surface area contributed by atoms with E-state index in [0.717, 1.165) is 12.1 Å². The smallest absolute Gasteiger partial charge is 0.315 e. The zero-order chi connectivity index (χ0) is 15.4. The summed E-state index contributed by atoms with van der Waals surface area (Å²) in [5, 5.41) is 38.8. The van der Waals surface area contributed by atoms with Gasteiger partial charge in [-0.25, -0.2) is 0 Å². The van der Waals surface area contributed by atoms with Crippen molar-refractivity contribution in [1.29, 1.82) is 5.26 Å². The fourth-order valence-electron chi connectivity index (χ4n) is 1.62. The van der Waals surface area contributed by atoms with Crippen LogP contribution in [0.1, 0.15) is 11.3 Å². The molecule has 0 unspecified atom stereocenters. The van der Waals surface area contributed by atoms with Gasteiger partial charge in [-0.1, -0.05) is 0 Å². The maximum atomic E-state index is 10.8. The number of nitrogens with zero attached hydrogens (tertiary/aromatic N) is 4. The highest BCUT2D eigenvalue weighted by atomic mass is 16.6. The minimum Gasteiger partial charge on any atom is -0.504 e. The Kier molecular flexibility index (Phi) is 3.76. The van der Waals surface area contributed by atoms with E-state index in [0.29, 0.717) is 0 Å². The lowest BCUT2D eigenvalue weighted by Gasteiger charge is -2.02. The molecule has 2 rings (SSSR count). The Balaban J connectivity index is 2.54. The lowest BCUT2D eigenvalue weighted by molar-refractivity contribution is -0.386. The molecule has 1 heterocycles. The average Bonchev–Trinajstić information content (AvgIpc) is 2.48. The second-order valence-electron chi connectivity index (χ2n) is 3.93. The monoisotopic (exact) mass is 284 g/mol. The summed E-state index contributed by atoms with van der Waals surface area (Å²) in [6, 6.07) is 4.05. The van der Waals surface area contributed by atoms with Gasteiger partial charge in [-0.05, 0) is 17.7 Å². The molecule has 0 amide bonds. The first-order valence-electron chi connectivity index (χ1n) is 5.61. The number of phenols is 2. The molecule has 2 N–H and O–H groups in total. The van der Waals surface area contributed by atoms with E-state index in [1.807, 2.05) is 6.07 Å². The van der Waals surface area contributed by atoms with Crippen molar-refractivity contribution < 1.29 is 15.1 Å². The highest BCUT2D eigenvalue weighted by molar-refractivity contribution is 5.88. The molecule has 8 heteroatoms. The molecular formula is C13H8N4O4. The van der Waals surface area contributed by atoms with Crippen molar-refractivity contribution in [3.8, 4) is 17.6 Å². The number of hydrogen-bond donors (Lipinski definition) is 2. The molecule has 0 radical (unpaired) electrons. The van der Waals surface area contributed by atoms with Crippen molar-refractivity contribution in [3.63, 3.8) is 0 Å². The summed E-state index contributed by atoms with van der Waals surface area (Å²) >= 11 is 0. The Morgan fingerprint density at radius 1 is 1.38 bits per heavy atom. The SMILES string of the molecule is N#C/C(=C\c1cc(O)c(O)c([N+](=O)[O-])c1)c1cnccn1. The first-order valence-corrected chi connectivity index (χ1v) is 5.61. The standard InChI is InChI=1S/C13H8N4O4/c14-6-9(10-7-15-1-2-16-10)3-8-4-11(17(20)21)13(19)12(18)5-8/h1-5,7,18-19H/b9-3+. The maximum Gasteiger partial charge on any atom is 0.315 e. The third kappa shape index (κ3) is 2.93. The van der Waals surface area contributed by atoms with Gasteiger partial charge in [0.05, 0.1) is 22.4 Å². The van der Waals surface area contributed by atoms with Crippen LogP contribution in [0, 0.1) is 21.4 Å². The second-order valence-corrected chi connectivity index (χ2v) is 3.93. The summed E-state index contributed by atoms with van der Waals surface area (Å²) in [4.78, 5) is 17.7. The van der Waals surface area contributed by atoms with Crippen molar-refractivity contribution >= 4 is 17.3 Å². The van der Waals surface area contributed by atoms with E-state index in [-0.39, 0.29) is 16.8 Å². The number of rotatable bonds is 3. The number of benzene rings is 1. The number of hydrogen-bond acceptors (Lipinski definition) is 7. The number of nitro groups is 1. The largest absolute Gasteiger partial charge is 0.504 e. The van der Waals surface area contributed by atoms with E-state index >= 15 is 0 Å². The second kappa shape index (κ2) is 5.66. The molecule has 1 aromatic heterocycles. The van der Waals surface area contributed by atoms with Gasteiger partial charge in [-0.3, -0.25) is 20.1 Å². The molecule has 1 aromatic carbocycles. The van der Waals surface area contributed by atoms with Crippen LogP contribution in [-0.2, 0) is 0 Å².